The number of hydrogen-bond donors (Lipinski definition) is 0. The van der Waals surface area contributed by atoms with Gasteiger partial charge in [-0.25, -0.2) is 0 Å². The van der Waals surface area contributed by atoms with Crippen LogP contribution in [-0.2, 0) is 0 Å². The second-order valence-corrected chi connectivity index (χ2v) is 21.9. The van der Waals surface area contributed by atoms with E-state index in [9.17, 15) is 0 Å². The van der Waals surface area contributed by atoms with Crippen molar-refractivity contribution in [3.63, 3.8) is 0 Å². The standard InChI is InChI=1S/C60H38N2OSSi/c1-3-19-39(20-4-1)65(40-21-5-2-6-22-40,56-38-15-27-42-41-23-9-13-34-52(41)63-60(42)56)55-37-18-33-51-59(55)44-25-8-12-29-47(44)62(51)49-31-16-30-48-57(49)43-24-7-11-28-46(43)61(48)50-32-17-36-54-58(50)45-26-10-14-35-53(45)64-54/h1-38H. The van der Waals surface area contributed by atoms with Crippen molar-refractivity contribution < 1.29 is 4.42 Å². The normalized spacial score (nSPS) is 12.3. The molecule has 0 aliphatic rings. The van der Waals surface area contributed by atoms with E-state index in [0.29, 0.717) is 0 Å². The van der Waals surface area contributed by atoms with Crippen molar-refractivity contribution in [2.75, 3.05) is 0 Å². The molecule has 0 unspecified atom stereocenters. The molecule has 0 bridgehead atoms. The van der Waals surface area contributed by atoms with Crippen molar-refractivity contribution in [3.8, 4) is 11.4 Å². The minimum atomic E-state index is -3.19. The zero-order valence-corrected chi connectivity index (χ0v) is 37.0. The minimum Gasteiger partial charge on any atom is -0.456 e. The molecule has 3 nitrogen and oxygen atoms in total. The summed E-state index contributed by atoms with van der Waals surface area (Å²) in [4.78, 5) is 0. The van der Waals surface area contributed by atoms with E-state index in [-0.39, 0.29) is 0 Å². The molecule has 0 aliphatic carbocycles. The van der Waals surface area contributed by atoms with E-state index < -0.39 is 8.07 Å². The van der Waals surface area contributed by atoms with E-state index in [1.807, 2.05) is 11.3 Å². The Kier molecular flexibility index (Phi) is 7.87. The lowest BCUT2D eigenvalue weighted by Gasteiger charge is -2.35. The van der Waals surface area contributed by atoms with Gasteiger partial charge in [0.2, 0.25) is 0 Å². The predicted molar refractivity (Wildman–Crippen MR) is 279 cm³/mol. The Hall–Kier alpha value is -7.96. The van der Waals surface area contributed by atoms with Crippen LogP contribution in [0.15, 0.2) is 235 Å². The molecule has 0 atom stereocenters. The second kappa shape index (κ2) is 14.0. The number of thiophene rings is 1. The summed E-state index contributed by atoms with van der Waals surface area (Å²) < 4.78 is 14.7. The zero-order chi connectivity index (χ0) is 42.6. The maximum atomic E-state index is 7.03. The van der Waals surface area contributed by atoms with Crippen LogP contribution >= 0.6 is 11.3 Å². The topological polar surface area (TPSA) is 23.0 Å². The average Bonchev–Trinajstić information content (AvgIpc) is 4.13. The first-order chi connectivity index (χ1) is 32.3. The zero-order valence-electron chi connectivity index (χ0n) is 35.2. The van der Waals surface area contributed by atoms with Gasteiger partial charge in [0.1, 0.15) is 11.2 Å². The molecular formula is C60H38N2OSSi. The lowest BCUT2D eigenvalue weighted by molar-refractivity contribution is 0.671. The van der Waals surface area contributed by atoms with Crippen LogP contribution in [0.4, 0.5) is 0 Å². The van der Waals surface area contributed by atoms with Gasteiger partial charge >= 0.3 is 0 Å². The highest BCUT2D eigenvalue weighted by Crippen LogP contribution is 2.44. The third kappa shape index (κ3) is 5.05. The molecule has 4 heterocycles. The fraction of sp³-hybridized carbons (Fsp3) is 0. The third-order valence-electron chi connectivity index (χ3n) is 13.9. The van der Waals surface area contributed by atoms with Crippen molar-refractivity contribution in [2.24, 2.45) is 0 Å². The third-order valence-corrected chi connectivity index (χ3v) is 19.8. The summed E-state index contributed by atoms with van der Waals surface area (Å²) in [6, 6.07) is 85.3. The van der Waals surface area contributed by atoms with Crippen LogP contribution in [0.25, 0.3) is 97.1 Å². The first-order valence-corrected chi connectivity index (χ1v) is 25.1. The Morgan fingerprint density at radius 2 is 0.800 bits per heavy atom. The monoisotopic (exact) mass is 862 g/mol. The maximum absolute atomic E-state index is 7.03. The van der Waals surface area contributed by atoms with Gasteiger partial charge in [-0.3, -0.25) is 0 Å². The molecule has 4 aromatic heterocycles. The van der Waals surface area contributed by atoms with Crippen molar-refractivity contribution >= 4 is 126 Å². The fourth-order valence-electron chi connectivity index (χ4n) is 11.3. The van der Waals surface area contributed by atoms with E-state index in [1.165, 1.54) is 90.2 Å². The largest absolute Gasteiger partial charge is 0.456 e. The molecule has 0 N–H and O–H groups in total. The molecule has 0 saturated heterocycles. The highest BCUT2D eigenvalue weighted by Gasteiger charge is 2.45. The van der Waals surface area contributed by atoms with Gasteiger partial charge in [0.25, 0.3) is 0 Å². The summed E-state index contributed by atoms with van der Waals surface area (Å²) in [5.41, 5.74) is 8.96. The number of para-hydroxylation sites is 4. The minimum absolute atomic E-state index is 0.907. The molecule has 0 saturated carbocycles. The average molecular weight is 863 g/mol. The van der Waals surface area contributed by atoms with Gasteiger partial charge in [0.15, 0.2) is 8.07 Å². The van der Waals surface area contributed by atoms with Crippen LogP contribution in [0.2, 0.25) is 0 Å². The molecule has 304 valence electrons. The number of furan rings is 1. The second-order valence-electron chi connectivity index (χ2n) is 17.1. The molecule has 0 aliphatic heterocycles. The van der Waals surface area contributed by atoms with Crippen molar-refractivity contribution in [1.29, 1.82) is 0 Å². The quantitative estimate of drug-likeness (QED) is 0.121. The molecule has 0 fully saturated rings. The molecular weight excluding hydrogens is 825 g/mol. The Labute approximate surface area is 379 Å². The summed E-state index contributed by atoms with van der Waals surface area (Å²) in [6.45, 7) is 0. The van der Waals surface area contributed by atoms with Gasteiger partial charge in [-0.15, -0.1) is 11.3 Å². The number of fused-ring (bicyclic) bond motifs is 12. The molecule has 14 aromatic rings. The summed E-state index contributed by atoms with van der Waals surface area (Å²) in [5.74, 6) is 0. The Morgan fingerprint density at radius 1 is 0.323 bits per heavy atom. The van der Waals surface area contributed by atoms with Crippen molar-refractivity contribution in [2.45, 2.75) is 0 Å². The first kappa shape index (κ1) is 36.5. The van der Waals surface area contributed by atoms with Crippen molar-refractivity contribution in [1.82, 2.24) is 9.13 Å². The summed E-state index contributed by atoms with van der Waals surface area (Å²) in [5, 5.41) is 15.0. The number of aromatic nitrogens is 2. The van der Waals surface area contributed by atoms with Crippen molar-refractivity contribution in [3.05, 3.63) is 231 Å². The van der Waals surface area contributed by atoms with Gasteiger partial charge in [-0.2, -0.15) is 0 Å². The SMILES string of the molecule is c1ccc([Si](c2ccccc2)(c2cccc3c2oc2ccccc23)c2cccc3c2c2ccccc2n3-c2cccc3c2c2ccccc2n3-c2cccc3sc4ccccc4c23)cc1. The number of hydrogen-bond acceptors (Lipinski definition) is 2. The molecule has 0 amide bonds. The lowest BCUT2D eigenvalue weighted by Crippen LogP contribution is -2.75. The first-order valence-electron chi connectivity index (χ1n) is 22.3. The molecule has 14 rings (SSSR count). The number of nitrogens with zero attached hydrogens (tertiary/aromatic N) is 2. The van der Waals surface area contributed by atoms with Gasteiger partial charge < -0.3 is 13.6 Å². The number of benzene rings is 10. The predicted octanol–water partition coefficient (Wildman–Crippen LogP) is 13.5. The van der Waals surface area contributed by atoms with E-state index in [1.54, 1.807) is 0 Å². The van der Waals surface area contributed by atoms with Gasteiger partial charge in [0, 0.05) is 52.5 Å². The van der Waals surface area contributed by atoms with Crippen LogP contribution in [-0.4, -0.2) is 17.2 Å². The van der Waals surface area contributed by atoms with Crippen LogP contribution < -0.4 is 20.7 Å². The Bertz CT molecular complexity index is 4160. The summed E-state index contributed by atoms with van der Waals surface area (Å²) >= 11 is 1.87. The van der Waals surface area contributed by atoms with Gasteiger partial charge in [0.05, 0.1) is 33.4 Å². The summed E-state index contributed by atoms with van der Waals surface area (Å²) in [7, 11) is -3.19. The van der Waals surface area contributed by atoms with Crippen LogP contribution in [0.1, 0.15) is 0 Å². The lowest BCUT2D eigenvalue weighted by atomic mass is 10.1. The number of rotatable bonds is 6. The van der Waals surface area contributed by atoms with Crippen LogP contribution in [0, 0.1) is 0 Å². The molecule has 10 aromatic carbocycles. The van der Waals surface area contributed by atoms with E-state index in [2.05, 4.69) is 240 Å². The van der Waals surface area contributed by atoms with E-state index in [0.717, 1.165) is 27.6 Å². The van der Waals surface area contributed by atoms with E-state index >= 15 is 0 Å². The molecule has 65 heavy (non-hydrogen) atoms. The maximum Gasteiger partial charge on any atom is 0.184 e. The smallest absolute Gasteiger partial charge is 0.184 e. The molecule has 0 spiro atoms. The van der Waals surface area contributed by atoms with Gasteiger partial charge in [-0.1, -0.05) is 176 Å². The fourth-order valence-corrected chi connectivity index (χ4v) is 17.6. The molecule has 0 radical (unpaired) electrons. The highest BCUT2D eigenvalue weighted by atomic mass is 32.1. The van der Waals surface area contributed by atoms with E-state index in [4.69, 9.17) is 4.42 Å². The Balaban J connectivity index is 1.13. The molecule has 5 heteroatoms. The highest BCUT2D eigenvalue weighted by molar-refractivity contribution is 7.26. The van der Waals surface area contributed by atoms with Crippen LogP contribution in [0.5, 0.6) is 0 Å². The van der Waals surface area contributed by atoms with Gasteiger partial charge in [-0.05, 0) is 75.3 Å². The Morgan fingerprint density at radius 3 is 1.52 bits per heavy atom. The van der Waals surface area contributed by atoms with Crippen LogP contribution in [0.3, 0.4) is 0 Å². The summed E-state index contributed by atoms with van der Waals surface area (Å²) in [6.07, 6.45) is 0.